The van der Waals surface area contributed by atoms with Gasteiger partial charge in [-0.2, -0.15) is 0 Å². The van der Waals surface area contributed by atoms with Gasteiger partial charge in [-0.3, -0.25) is 0 Å². The van der Waals surface area contributed by atoms with Gasteiger partial charge in [-0.25, -0.2) is 0 Å². The van der Waals surface area contributed by atoms with Gasteiger partial charge in [0.25, 0.3) is 0 Å². The highest BCUT2D eigenvalue weighted by Gasteiger charge is 2.14. The number of benzene rings is 2. The molecule has 0 fully saturated rings. The second kappa shape index (κ2) is 6.47. The van der Waals surface area contributed by atoms with Gasteiger partial charge in [0, 0.05) is 8.95 Å². The van der Waals surface area contributed by atoms with Crippen molar-refractivity contribution in [3.63, 3.8) is 0 Å². The van der Waals surface area contributed by atoms with Gasteiger partial charge in [0.05, 0.1) is 10.6 Å². The molecule has 0 saturated heterocycles. The zero-order chi connectivity index (χ0) is 14.7. The number of halogens is 3. The number of hydrogen-bond acceptors (Lipinski definition) is 3. The quantitative estimate of drug-likeness (QED) is 0.326. The molecule has 0 aliphatic carbocycles. The molecular weight excluding hydrogens is 411 g/mol. The fraction of sp³-hybridized carbons (Fsp3) is 0. The van der Waals surface area contributed by atoms with E-state index in [4.69, 9.17) is 27.3 Å². The molecule has 0 aliphatic rings. The van der Waals surface area contributed by atoms with Crippen LogP contribution in [-0.2, 0) is 0 Å². The number of oxime groups is 1. The number of rotatable bonds is 3. The zero-order valence-corrected chi connectivity index (χ0v) is 13.9. The predicted molar refractivity (Wildman–Crippen MR) is 85.9 cm³/mol. The summed E-state index contributed by atoms with van der Waals surface area (Å²) in [6.45, 7) is 0. The molecule has 0 spiro atoms. The molecule has 104 valence electrons. The van der Waals surface area contributed by atoms with E-state index in [-0.39, 0.29) is 5.84 Å². The van der Waals surface area contributed by atoms with Crippen LogP contribution in [0.4, 0.5) is 0 Å². The third-order valence-electron chi connectivity index (χ3n) is 2.45. The Morgan fingerprint density at radius 2 is 1.95 bits per heavy atom. The SMILES string of the molecule is N/C(=N/O)c1c(Br)cccc1Oc1ccc(Br)cc1Cl. The average molecular weight is 420 g/mol. The molecule has 0 bridgehead atoms. The third-order valence-corrected chi connectivity index (χ3v) is 3.90. The van der Waals surface area contributed by atoms with Crippen LogP contribution >= 0.6 is 43.5 Å². The molecule has 2 rings (SSSR count). The Hall–Kier alpha value is -1.24. The Labute approximate surface area is 137 Å². The van der Waals surface area contributed by atoms with Crippen molar-refractivity contribution >= 4 is 49.3 Å². The van der Waals surface area contributed by atoms with E-state index >= 15 is 0 Å². The minimum atomic E-state index is -0.0549. The van der Waals surface area contributed by atoms with Gasteiger partial charge in [0.15, 0.2) is 5.84 Å². The summed E-state index contributed by atoms with van der Waals surface area (Å²) in [6, 6.07) is 10.5. The lowest BCUT2D eigenvalue weighted by atomic mass is 10.2. The van der Waals surface area contributed by atoms with Crippen molar-refractivity contribution in [2.75, 3.05) is 0 Å². The lowest BCUT2D eigenvalue weighted by Gasteiger charge is -2.13. The van der Waals surface area contributed by atoms with E-state index in [1.54, 1.807) is 30.3 Å². The number of nitrogens with zero attached hydrogens (tertiary/aromatic N) is 1. The Bertz CT molecular complexity index is 677. The van der Waals surface area contributed by atoms with E-state index in [0.717, 1.165) is 4.47 Å². The summed E-state index contributed by atoms with van der Waals surface area (Å²) in [5.41, 5.74) is 6.11. The van der Waals surface area contributed by atoms with Gasteiger partial charge in [0.1, 0.15) is 11.5 Å². The molecule has 2 aromatic carbocycles. The first-order chi connectivity index (χ1) is 9.52. The molecule has 0 aliphatic heterocycles. The number of amidine groups is 1. The summed E-state index contributed by atoms with van der Waals surface area (Å²) in [7, 11) is 0. The van der Waals surface area contributed by atoms with Crippen LogP contribution in [0.25, 0.3) is 0 Å². The maximum Gasteiger partial charge on any atom is 0.175 e. The molecule has 7 heteroatoms. The summed E-state index contributed by atoms with van der Waals surface area (Å²) in [5.74, 6) is 0.847. The van der Waals surface area contributed by atoms with Crippen LogP contribution in [0.2, 0.25) is 5.02 Å². The topological polar surface area (TPSA) is 67.8 Å². The van der Waals surface area contributed by atoms with E-state index in [0.29, 0.717) is 26.6 Å². The lowest BCUT2D eigenvalue weighted by Crippen LogP contribution is -2.15. The van der Waals surface area contributed by atoms with Gasteiger partial charge >= 0.3 is 0 Å². The maximum absolute atomic E-state index is 8.85. The summed E-state index contributed by atoms with van der Waals surface area (Å²) in [6.07, 6.45) is 0. The number of hydrogen-bond donors (Lipinski definition) is 2. The van der Waals surface area contributed by atoms with Crippen molar-refractivity contribution in [1.29, 1.82) is 0 Å². The number of nitrogens with two attached hydrogens (primary N) is 1. The van der Waals surface area contributed by atoms with Crippen LogP contribution in [0.15, 0.2) is 50.5 Å². The van der Waals surface area contributed by atoms with Gasteiger partial charge < -0.3 is 15.7 Å². The Kier molecular flexibility index (Phi) is 4.91. The van der Waals surface area contributed by atoms with E-state index in [1.807, 2.05) is 6.07 Å². The van der Waals surface area contributed by atoms with Crippen molar-refractivity contribution < 1.29 is 9.94 Å². The van der Waals surface area contributed by atoms with Gasteiger partial charge in [-0.15, -0.1) is 0 Å². The summed E-state index contributed by atoms with van der Waals surface area (Å²) in [5, 5.41) is 12.3. The first-order valence-electron chi connectivity index (χ1n) is 5.42. The van der Waals surface area contributed by atoms with Gasteiger partial charge in [-0.05, 0) is 46.3 Å². The normalized spacial score (nSPS) is 11.4. The fourth-order valence-corrected chi connectivity index (χ4v) is 2.83. The van der Waals surface area contributed by atoms with Crippen molar-refractivity contribution in [2.24, 2.45) is 10.9 Å². The van der Waals surface area contributed by atoms with Crippen molar-refractivity contribution in [3.8, 4) is 11.5 Å². The minimum absolute atomic E-state index is 0.0549. The van der Waals surface area contributed by atoms with Crippen LogP contribution in [0.3, 0.4) is 0 Å². The predicted octanol–water partition coefficient (Wildman–Crippen LogP) is 4.75. The van der Waals surface area contributed by atoms with Crippen LogP contribution in [-0.4, -0.2) is 11.0 Å². The number of ether oxygens (including phenoxy) is 1. The fourth-order valence-electron chi connectivity index (χ4n) is 1.56. The Morgan fingerprint density at radius 3 is 2.60 bits per heavy atom. The van der Waals surface area contributed by atoms with Crippen molar-refractivity contribution in [2.45, 2.75) is 0 Å². The smallest absolute Gasteiger partial charge is 0.175 e. The van der Waals surface area contributed by atoms with E-state index in [2.05, 4.69) is 37.0 Å². The monoisotopic (exact) mass is 418 g/mol. The lowest BCUT2D eigenvalue weighted by molar-refractivity contribution is 0.318. The minimum Gasteiger partial charge on any atom is -0.455 e. The molecule has 0 unspecified atom stereocenters. The third kappa shape index (κ3) is 3.26. The van der Waals surface area contributed by atoms with Gasteiger partial charge in [0.2, 0.25) is 0 Å². The average Bonchev–Trinajstić information content (AvgIpc) is 2.41. The molecule has 0 saturated carbocycles. The zero-order valence-electron chi connectivity index (χ0n) is 9.98. The molecule has 0 amide bonds. The van der Waals surface area contributed by atoms with E-state index in [9.17, 15) is 0 Å². The highest BCUT2D eigenvalue weighted by atomic mass is 79.9. The van der Waals surface area contributed by atoms with E-state index < -0.39 is 0 Å². The summed E-state index contributed by atoms with van der Waals surface area (Å²) in [4.78, 5) is 0. The molecule has 0 heterocycles. The molecule has 3 N–H and O–H groups in total. The first-order valence-corrected chi connectivity index (χ1v) is 7.38. The van der Waals surface area contributed by atoms with Crippen LogP contribution in [0.5, 0.6) is 11.5 Å². The first kappa shape index (κ1) is 15.2. The molecule has 0 atom stereocenters. The van der Waals surface area contributed by atoms with Crippen LogP contribution < -0.4 is 10.5 Å². The molecule has 20 heavy (non-hydrogen) atoms. The second-order valence-electron chi connectivity index (χ2n) is 3.78. The highest BCUT2D eigenvalue weighted by molar-refractivity contribution is 9.10. The van der Waals surface area contributed by atoms with Gasteiger partial charge in [-0.1, -0.05) is 38.8 Å². The Morgan fingerprint density at radius 1 is 1.20 bits per heavy atom. The molecule has 4 nitrogen and oxygen atoms in total. The summed E-state index contributed by atoms with van der Waals surface area (Å²) < 4.78 is 7.24. The molecule has 0 radical (unpaired) electrons. The van der Waals surface area contributed by atoms with Crippen LogP contribution in [0, 0.1) is 0 Å². The van der Waals surface area contributed by atoms with Crippen molar-refractivity contribution in [3.05, 3.63) is 55.9 Å². The molecular formula is C13H9Br2ClN2O2. The Balaban J connectivity index is 2.46. The van der Waals surface area contributed by atoms with E-state index in [1.165, 1.54) is 0 Å². The largest absolute Gasteiger partial charge is 0.455 e. The van der Waals surface area contributed by atoms with Crippen LogP contribution in [0.1, 0.15) is 5.56 Å². The molecule has 0 aromatic heterocycles. The highest BCUT2D eigenvalue weighted by Crippen LogP contribution is 2.35. The van der Waals surface area contributed by atoms with Crippen molar-refractivity contribution in [1.82, 2.24) is 0 Å². The summed E-state index contributed by atoms with van der Waals surface area (Å²) >= 11 is 12.8. The standard InChI is InChI=1S/C13H9Br2ClN2O2/c14-7-4-5-10(9(16)6-7)20-11-3-1-2-8(15)12(11)13(17)18-19/h1-6,19H,(H2,17,18). The second-order valence-corrected chi connectivity index (χ2v) is 5.95. The maximum atomic E-state index is 8.85. The molecule has 2 aromatic rings.